The molecule has 0 N–H and O–H groups in total. The van der Waals surface area contributed by atoms with Gasteiger partial charge >= 0.3 is 0 Å². The molecule has 3 aromatic rings. The zero-order valence-electron chi connectivity index (χ0n) is 15.2. The van der Waals surface area contributed by atoms with Crippen LogP contribution in [-0.4, -0.2) is 40.4 Å². The van der Waals surface area contributed by atoms with Gasteiger partial charge in [0.05, 0.1) is 12.8 Å². The zero-order valence-corrected chi connectivity index (χ0v) is 15.2. The van der Waals surface area contributed by atoms with Gasteiger partial charge in [-0.2, -0.15) is 4.68 Å². The Bertz CT molecular complexity index is 866. The van der Waals surface area contributed by atoms with Crippen LogP contribution < -0.4 is 9.64 Å². The van der Waals surface area contributed by atoms with Gasteiger partial charge in [-0.05, 0) is 65.9 Å². The van der Waals surface area contributed by atoms with Crippen molar-refractivity contribution in [1.29, 1.82) is 0 Å². The summed E-state index contributed by atoms with van der Waals surface area (Å²) in [6, 6.07) is 16.7. The van der Waals surface area contributed by atoms with Gasteiger partial charge in [-0.15, -0.1) is 0 Å². The van der Waals surface area contributed by atoms with E-state index in [0.29, 0.717) is 5.92 Å². The molecule has 26 heavy (non-hydrogen) atoms. The molecule has 134 valence electrons. The van der Waals surface area contributed by atoms with Crippen LogP contribution in [0.1, 0.15) is 29.9 Å². The lowest BCUT2D eigenvalue weighted by molar-refractivity contribution is 0.412. The molecule has 0 unspecified atom stereocenters. The van der Waals surface area contributed by atoms with Gasteiger partial charge in [0.1, 0.15) is 5.75 Å². The average Bonchev–Trinajstić information content (AvgIpc) is 3.18. The van der Waals surface area contributed by atoms with Crippen LogP contribution in [0.5, 0.6) is 5.75 Å². The average molecular weight is 349 g/mol. The van der Waals surface area contributed by atoms with E-state index in [9.17, 15) is 0 Å². The van der Waals surface area contributed by atoms with Gasteiger partial charge in [-0.3, -0.25) is 0 Å². The van der Waals surface area contributed by atoms with Crippen molar-refractivity contribution in [3.8, 4) is 11.4 Å². The number of hydrogen-bond acceptors (Lipinski definition) is 5. The van der Waals surface area contributed by atoms with Crippen LogP contribution in [0.25, 0.3) is 5.69 Å². The minimum atomic E-state index is 0.546. The molecule has 2 aromatic carbocycles. The quantitative estimate of drug-likeness (QED) is 0.723. The molecule has 1 fully saturated rings. The summed E-state index contributed by atoms with van der Waals surface area (Å²) in [6.07, 6.45) is 2.15. The number of nitrogens with zero attached hydrogens (tertiary/aromatic N) is 5. The number of hydrogen-bond donors (Lipinski definition) is 0. The monoisotopic (exact) mass is 349 g/mol. The van der Waals surface area contributed by atoms with Gasteiger partial charge in [0.15, 0.2) is 0 Å². The summed E-state index contributed by atoms with van der Waals surface area (Å²) < 4.78 is 7.18. The van der Waals surface area contributed by atoms with E-state index in [1.165, 1.54) is 11.1 Å². The van der Waals surface area contributed by atoms with Crippen molar-refractivity contribution in [2.45, 2.75) is 25.7 Å². The molecule has 6 nitrogen and oxygen atoms in total. The summed E-state index contributed by atoms with van der Waals surface area (Å²) in [5.74, 6) is 2.29. The van der Waals surface area contributed by atoms with Crippen molar-refractivity contribution in [2.24, 2.45) is 0 Å². The number of benzene rings is 2. The molecule has 0 radical (unpaired) electrons. The first-order chi connectivity index (χ1) is 12.7. The predicted octanol–water partition coefficient (Wildman–Crippen LogP) is 3.36. The van der Waals surface area contributed by atoms with Gasteiger partial charge in [0.25, 0.3) is 0 Å². The Balaban J connectivity index is 1.49. The molecule has 0 amide bonds. The van der Waals surface area contributed by atoms with E-state index < -0.39 is 0 Å². The second-order valence-electron chi connectivity index (χ2n) is 6.76. The van der Waals surface area contributed by atoms with Crippen LogP contribution >= 0.6 is 0 Å². The van der Waals surface area contributed by atoms with Crippen molar-refractivity contribution in [3.63, 3.8) is 0 Å². The molecular weight excluding hydrogens is 326 g/mol. The molecule has 6 heteroatoms. The second-order valence-corrected chi connectivity index (χ2v) is 6.76. The highest BCUT2D eigenvalue weighted by Gasteiger charge is 2.24. The van der Waals surface area contributed by atoms with Crippen molar-refractivity contribution in [2.75, 3.05) is 25.1 Å². The van der Waals surface area contributed by atoms with Gasteiger partial charge in [-0.1, -0.05) is 34.9 Å². The summed E-state index contributed by atoms with van der Waals surface area (Å²) in [7, 11) is 1.71. The molecule has 0 saturated carbocycles. The molecule has 0 atom stereocenters. The highest BCUT2D eigenvalue weighted by molar-refractivity contribution is 5.42. The van der Waals surface area contributed by atoms with Crippen molar-refractivity contribution in [3.05, 3.63) is 59.7 Å². The molecule has 0 bridgehead atoms. The summed E-state index contributed by atoms with van der Waals surface area (Å²) in [6.45, 7) is 3.95. The Morgan fingerprint density at radius 1 is 1.04 bits per heavy atom. The van der Waals surface area contributed by atoms with Crippen LogP contribution in [-0.2, 0) is 0 Å². The molecule has 0 aliphatic carbocycles. The number of rotatable bonds is 4. The second kappa shape index (κ2) is 7.15. The Kier molecular flexibility index (Phi) is 4.56. The first kappa shape index (κ1) is 16.6. The van der Waals surface area contributed by atoms with Gasteiger partial charge in [-0.25, -0.2) is 0 Å². The molecule has 1 saturated heterocycles. The van der Waals surface area contributed by atoms with Gasteiger partial charge in [0, 0.05) is 13.1 Å². The highest BCUT2D eigenvalue weighted by Crippen LogP contribution is 2.31. The number of tetrazole rings is 1. The van der Waals surface area contributed by atoms with E-state index in [-0.39, 0.29) is 0 Å². The number of methoxy groups -OCH3 is 1. The number of aryl methyl sites for hydroxylation is 1. The van der Waals surface area contributed by atoms with E-state index >= 15 is 0 Å². The Labute approximate surface area is 153 Å². The Morgan fingerprint density at radius 2 is 1.81 bits per heavy atom. The van der Waals surface area contributed by atoms with Crippen LogP contribution in [0.3, 0.4) is 0 Å². The SMILES string of the molecule is COc1cccc(C2CCN(c3nnnn3-c3ccc(C)cc3)CC2)c1. The van der Waals surface area contributed by atoms with Crippen molar-refractivity contribution in [1.82, 2.24) is 20.2 Å². The van der Waals surface area contributed by atoms with E-state index in [2.05, 4.69) is 69.8 Å². The molecule has 1 aliphatic rings. The molecule has 1 aliphatic heterocycles. The topological polar surface area (TPSA) is 56.1 Å². The minimum Gasteiger partial charge on any atom is -0.497 e. The largest absolute Gasteiger partial charge is 0.497 e. The van der Waals surface area contributed by atoms with E-state index in [1.807, 2.05) is 10.7 Å². The fraction of sp³-hybridized carbons (Fsp3) is 0.350. The van der Waals surface area contributed by atoms with Crippen LogP contribution in [0.4, 0.5) is 5.95 Å². The standard InChI is InChI=1S/C20H23N5O/c1-15-6-8-18(9-7-15)25-20(21-22-23-25)24-12-10-16(11-13-24)17-4-3-5-19(14-17)26-2/h3-9,14,16H,10-13H2,1-2H3. The van der Waals surface area contributed by atoms with E-state index in [0.717, 1.165) is 43.3 Å². The van der Waals surface area contributed by atoms with E-state index in [1.54, 1.807) is 7.11 Å². The van der Waals surface area contributed by atoms with Gasteiger partial charge < -0.3 is 9.64 Å². The van der Waals surface area contributed by atoms with Crippen LogP contribution in [0, 0.1) is 6.92 Å². The number of aromatic nitrogens is 4. The summed E-state index contributed by atoms with van der Waals surface area (Å²) in [5, 5.41) is 12.4. The lowest BCUT2D eigenvalue weighted by Crippen LogP contribution is -2.34. The summed E-state index contributed by atoms with van der Waals surface area (Å²) >= 11 is 0. The smallest absolute Gasteiger partial charge is 0.250 e. The molecular formula is C20H23N5O. The third kappa shape index (κ3) is 3.27. The number of piperidine rings is 1. The first-order valence-corrected chi connectivity index (χ1v) is 8.99. The number of anilines is 1. The van der Waals surface area contributed by atoms with E-state index in [4.69, 9.17) is 4.74 Å². The normalized spacial score (nSPS) is 15.2. The van der Waals surface area contributed by atoms with Crippen molar-refractivity contribution < 1.29 is 4.74 Å². The maximum Gasteiger partial charge on any atom is 0.250 e. The van der Waals surface area contributed by atoms with Crippen LogP contribution in [0.15, 0.2) is 48.5 Å². The molecule has 1 aromatic heterocycles. The third-order valence-electron chi connectivity index (χ3n) is 5.07. The third-order valence-corrected chi connectivity index (χ3v) is 5.07. The molecule has 2 heterocycles. The van der Waals surface area contributed by atoms with Crippen LogP contribution in [0.2, 0.25) is 0 Å². The summed E-state index contributed by atoms with van der Waals surface area (Å²) in [4.78, 5) is 2.27. The zero-order chi connectivity index (χ0) is 17.9. The maximum absolute atomic E-state index is 5.36. The molecule has 4 rings (SSSR count). The number of ether oxygens (including phenoxy) is 1. The fourth-order valence-corrected chi connectivity index (χ4v) is 3.54. The van der Waals surface area contributed by atoms with Crippen molar-refractivity contribution >= 4 is 5.95 Å². The predicted molar refractivity (Wildman–Crippen MR) is 101 cm³/mol. The van der Waals surface area contributed by atoms with Gasteiger partial charge in [0.2, 0.25) is 5.95 Å². The molecule has 0 spiro atoms. The fourth-order valence-electron chi connectivity index (χ4n) is 3.54. The Hall–Kier alpha value is -2.89. The lowest BCUT2D eigenvalue weighted by Gasteiger charge is -2.32. The first-order valence-electron chi connectivity index (χ1n) is 8.99. The highest BCUT2D eigenvalue weighted by atomic mass is 16.5. The lowest BCUT2D eigenvalue weighted by atomic mass is 9.89. The Morgan fingerprint density at radius 3 is 2.54 bits per heavy atom. The maximum atomic E-state index is 5.36. The minimum absolute atomic E-state index is 0.546. The summed E-state index contributed by atoms with van der Waals surface area (Å²) in [5.41, 5.74) is 3.56.